The fraction of sp³-hybridized carbons (Fsp3) is 0.667. The number of hydrogen-bond acceptors (Lipinski definition) is 4. The first kappa shape index (κ1) is 8.00. The highest BCUT2D eigenvalue weighted by molar-refractivity contribution is 7.80. The molecule has 8 heavy (non-hydrogen) atoms. The van der Waals surface area contributed by atoms with Gasteiger partial charge in [0.05, 0.1) is 6.04 Å². The quantitative estimate of drug-likeness (QED) is 0.522. The maximum Gasteiger partial charge on any atom is 0.274 e. The van der Waals surface area contributed by atoms with Gasteiger partial charge in [-0.15, -0.1) is 4.36 Å². The summed E-state index contributed by atoms with van der Waals surface area (Å²) in [5, 5.41) is 0. The highest BCUT2D eigenvalue weighted by Gasteiger charge is 2.07. The van der Waals surface area contributed by atoms with Crippen molar-refractivity contribution in [3.63, 3.8) is 0 Å². The van der Waals surface area contributed by atoms with E-state index < -0.39 is 11.9 Å². The summed E-state index contributed by atoms with van der Waals surface area (Å²) in [6.07, 6.45) is 0. The molecule has 2 N–H and O–H groups in total. The van der Waals surface area contributed by atoms with E-state index in [4.69, 9.17) is 5.73 Å². The van der Waals surface area contributed by atoms with Crippen LogP contribution in [0.5, 0.6) is 0 Å². The van der Waals surface area contributed by atoms with Gasteiger partial charge in [0.25, 0.3) is 5.91 Å². The number of carbonyl (C=O) groups is 1. The van der Waals surface area contributed by atoms with Crippen molar-refractivity contribution < 1.29 is 4.79 Å². The van der Waals surface area contributed by atoms with Gasteiger partial charge < -0.3 is 5.73 Å². The van der Waals surface area contributed by atoms with Crippen LogP contribution in [0.4, 0.5) is 0 Å². The summed E-state index contributed by atoms with van der Waals surface area (Å²) in [4.78, 5) is 10.3. The standard InChI is InChI=1S/C3H6N2OS2/c4-2(1-7)3(6)5-8/h2,7H,1,4H2/t2-/m0/s1. The zero-order valence-electron chi connectivity index (χ0n) is 4.07. The summed E-state index contributed by atoms with van der Waals surface area (Å²) in [5.74, 6) is -0.186. The lowest BCUT2D eigenvalue weighted by Gasteiger charge is -1.97. The Kier molecular flexibility index (Phi) is 3.94. The van der Waals surface area contributed by atoms with E-state index in [1.165, 1.54) is 0 Å². The lowest BCUT2D eigenvalue weighted by molar-refractivity contribution is -0.118. The van der Waals surface area contributed by atoms with Gasteiger partial charge in [-0.2, -0.15) is 12.6 Å². The van der Waals surface area contributed by atoms with Crippen LogP contribution in [-0.4, -0.2) is 17.7 Å². The van der Waals surface area contributed by atoms with Crippen molar-refractivity contribution in [2.45, 2.75) is 6.04 Å². The zero-order chi connectivity index (χ0) is 6.57. The van der Waals surface area contributed by atoms with E-state index in [2.05, 4.69) is 29.4 Å². The fourth-order valence-corrected chi connectivity index (χ4v) is 0.437. The van der Waals surface area contributed by atoms with Crippen molar-refractivity contribution in [1.82, 2.24) is 0 Å². The molecule has 0 radical (unpaired) electrons. The Morgan fingerprint density at radius 1 is 2.00 bits per heavy atom. The number of hydrogen-bond donors (Lipinski definition) is 2. The minimum absolute atomic E-state index is 0.291. The predicted octanol–water partition coefficient (Wildman–Crippen LogP) is -0.499. The van der Waals surface area contributed by atoms with Crippen LogP contribution < -0.4 is 5.73 Å². The molecule has 0 aliphatic heterocycles. The van der Waals surface area contributed by atoms with Gasteiger partial charge in [-0.1, -0.05) is 0 Å². The Morgan fingerprint density at radius 3 is 2.62 bits per heavy atom. The fourth-order valence-electron chi connectivity index (χ4n) is 0.146. The van der Waals surface area contributed by atoms with E-state index in [0.29, 0.717) is 5.75 Å². The maximum absolute atomic E-state index is 10.3. The second kappa shape index (κ2) is 3.94. The molecule has 46 valence electrons. The van der Waals surface area contributed by atoms with E-state index in [1.807, 2.05) is 0 Å². The summed E-state index contributed by atoms with van der Waals surface area (Å²) in [6, 6.07) is -0.629. The number of nitrogens with zero attached hydrogens (tertiary/aromatic N) is 1. The van der Waals surface area contributed by atoms with Crippen LogP contribution in [0.3, 0.4) is 0 Å². The highest BCUT2D eigenvalue weighted by atomic mass is 32.1. The third-order valence-corrected chi connectivity index (χ3v) is 1.18. The lowest BCUT2D eigenvalue weighted by atomic mass is 10.3. The first-order valence-electron chi connectivity index (χ1n) is 1.96. The Hall–Kier alpha value is -0.0000000000000000278. The summed E-state index contributed by atoms with van der Waals surface area (Å²) in [7, 11) is 0. The first-order chi connectivity index (χ1) is 3.72. The second-order valence-electron chi connectivity index (χ2n) is 1.22. The summed E-state index contributed by atoms with van der Waals surface area (Å²) in [6.45, 7) is 0. The third kappa shape index (κ3) is 2.34. The topological polar surface area (TPSA) is 55.5 Å². The molecule has 0 heterocycles. The van der Waals surface area contributed by atoms with E-state index in [-0.39, 0.29) is 0 Å². The molecule has 0 spiro atoms. The molecule has 0 aliphatic carbocycles. The Morgan fingerprint density at radius 2 is 2.50 bits per heavy atom. The van der Waals surface area contributed by atoms with Crippen molar-refractivity contribution in [2.24, 2.45) is 10.1 Å². The number of nitrogens with two attached hydrogens (primary N) is 1. The number of thiol groups is 1. The molecule has 1 atom stereocenters. The minimum atomic E-state index is -0.629. The minimum Gasteiger partial charge on any atom is -0.319 e. The molecule has 0 bridgehead atoms. The van der Waals surface area contributed by atoms with Gasteiger partial charge in [0.2, 0.25) is 0 Å². The number of rotatable bonds is 2. The Bertz CT molecular complexity index is 105. The molecular weight excluding hydrogens is 144 g/mol. The van der Waals surface area contributed by atoms with Gasteiger partial charge in [0.1, 0.15) is 0 Å². The van der Waals surface area contributed by atoms with Crippen molar-refractivity contribution in [3.8, 4) is 0 Å². The summed E-state index contributed by atoms with van der Waals surface area (Å²) < 4.78 is 2.93. The van der Waals surface area contributed by atoms with Crippen LogP contribution in [0.25, 0.3) is 0 Å². The van der Waals surface area contributed by atoms with E-state index in [9.17, 15) is 4.79 Å². The molecule has 3 nitrogen and oxygen atoms in total. The maximum atomic E-state index is 10.3. The molecule has 1 amide bonds. The number of carbonyl (C=O) groups excluding carboxylic acids is 1. The molecule has 0 fully saturated rings. The van der Waals surface area contributed by atoms with Crippen molar-refractivity contribution in [1.29, 1.82) is 0 Å². The van der Waals surface area contributed by atoms with Gasteiger partial charge in [-0.25, -0.2) is 0 Å². The normalized spacial score (nSPS) is 12.8. The molecular formula is C3H6N2OS2. The summed E-state index contributed by atoms with van der Waals surface area (Å²) in [5.41, 5.74) is 5.14. The van der Waals surface area contributed by atoms with Crippen molar-refractivity contribution in [2.75, 3.05) is 5.75 Å². The molecule has 5 heteroatoms. The van der Waals surface area contributed by atoms with E-state index in [0.717, 1.165) is 0 Å². The van der Waals surface area contributed by atoms with Crippen LogP contribution in [-0.2, 0) is 17.2 Å². The average molecular weight is 150 g/mol. The molecule has 0 aliphatic rings. The van der Waals surface area contributed by atoms with Crippen LogP contribution in [0.1, 0.15) is 0 Å². The van der Waals surface area contributed by atoms with Crippen molar-refractivity contribution >= 4 is 31.0 Å². The van der Waals surface area contributed by atoms with Crippen LogP contribution in [0.15, 0.2) is 4.36 Å². The van der Waals surface area contributed by atoms with E-state index in [1.54, 1.807) is 0 Å². The molecule has 0 saturated heterocycles. The summed E-state index contributed by atoms with van der Waals surface area (Å²) >= 11 is 7.84. The highest BCUT2D eigenvalue weighted by Crippen LogP contribution is 1.85. The molecule has 0 aromatic carbocycles. The smallest absolute Gasteiger partial charge is 0.274 e. The molecule has 0 aromatic heterocycles. The molecule has 0 unspecified atom stereocenters. The van der Waals surface area contributed by atoms with E-state index >= 15 is 0 Å². The average Bonchev–Trinajstić information content (AvgIpc) is 1.84. The monoisotopic (exact) mass is 150 g/mol. The van der Waals surface area contributed by atoms with Gasteiger partial charge in [-0.05, 0) is 0 Å². The Labute approximate surface area is 58.2 Å². The van der Waals surface area contributed by atoms with Crippen molar-refractivity contribution in [3.05, 3.63) is 0 Å². The SMILES string of the molecule is N[C@@H](CS)C(=O)N=S. The van der Waals surface area contributed by atoms with Gasteiger partial charge in [-0.3, -0.25) is 4.79 Å². The largest absolute Gasteiger partial charge is 0.319 e. The third-order valence-electron chi connectivity index (χ3n) is 0.604. The zero-order valence-corrected chi connectivity index (χ0v) is 5.78. The lowest BCUT2D eigenvalue weighted by Crippen LogP contribution is -2.30. The molecule has 0 rings (SSSR count). The molecule has 0 aromatic rings. The van der Waals surface area contributed by atoms with Crippen LogP contribution in [0, 0.1) is 0 Å². The second-order valence-corrected chi connectivity index (χ2v) is 1.77. The van der Waals surface area contributed by atoms with Gasteiger partial charge in [0.15, 0.2) is 0 Å². The van der Waals surface area contributed by atoms with Gasteiger partial charge in [0, 0.05) is 18.2 Å². The Balaban J connectivity index is 3.62. The molecule has 0 saturated carbocycles. The van der Waals surface area contributed by atoms with Crippen LogP contribution >= 0.6 is 12.6 Å². The van der Waals surface area contributed by atoms with Gasteiger partial charge >= 0.3 is 0 Å². The predicted molar refractivity (Wildman–Crippen MR) is 36.6 cm³/mol. The first-order valence-corrected chi connectivity index (χ1v) is 2.95. The number of amides is 1. The van der Waals surface area contributed by atoms with Crippen LogP contribution in [0.2, 0.25) is 0 Å².